The first-order valence-corrected chi connectivity index (χ1v) is 10.9. The zero-order valence-corrected chi connectivity index (χ0v) is 18.7. The van der Waals surface area contributed by atoms with Gasteiger partial charge < -0.3 is 14.7 Å². The molecular formula is C24H30ClNO4. The van der Waals surface area contributed by atoms with Crippen LogP contribution in [0.4, 0.5) is 5.69 Å². The molecule has 0 aromatic heterocycles. The standard InChI is InChI=1S/C24H30ClNO4/c1-4-7-8-11-16-30-24(29)18-13-10-9-12-17(18)22(27)19-14-15-20(21(25)23(19)28)26(5-2)6-3/h9-10,12-15,28H,4-8,11,16H2,1-3H3. The molecule has 0 atom stereocenters. The minimum atomic E-state index is -0.541. The molecule has 0 fully saturated rings. The second-order valence-electron chi connectivity index (χ2n) is 7.04. The van der Waals surface area contributed by atoms with Crippen molar-refractivity contribution in [2.75, 3.05) is 24.6 Å². The van der Waals surface area contributed by atoms with Crippen LogP contribution in [0.15, 0.2) is 36.4 Å². The highest BCUT2D eigenvalue weighted by atomic mass is 35.5. The van der Waals surface area contributed by atoms with Crippen molar-refractivity contribution < 1.29 is 19.4 Å². The first kappa shape index (κ1) is 23.7. The number of aromatic hydroxyl groups is 1. The number of benzene rings is 2. The molecule has 2 aromatic carbocycles. The maximum atomic E-state index is 13.1. The molecule has 0 spiro atoms. The van der Waals surface area contributed by atoms with Crippen LogP contribution < -0.4 is 4.90 Å². The maximum absolute atomic E-state index is 13.1. The van der Waals surface area contributed by atoms with Gasteiger partial charge in [0.25, 0.3) is 0 Å². The van der Waals surface area contributed by atoms with E-state index in [0.717, 1.165) is 38.8 Å². The van der Waals surface area contributed by atoms with Gasteiger partial charge in [0.1, 0.15) is 10.8 Å². The van der Waals surface area contributed by atoms with E-state index >= 15 is 0 Å². The van der Waals surface area contributed by atoms with Crippen molar-refractivity contribution in [2.24, 2.45) is 0 Å². The molecule has 0 saturated heterocycles. The van der Waals surface area contributed by atoms with E-state index in [1.54, 1.807) is 36.4 Å². The van der Waals surface area contributed by atoms with Crippen LogP contribution in [0.5, 0.6) is 5.75 Å². The van der Waals surface area contributed by atoms with E-state index in [0.29, 0.717) is 12.3 Å². The molecule has 0 heterocycles. The summed E-state index contributed by atoms with van der Waals surface area (Å²) in [4.78, 5) is 27.7. The van der Waals surface area contributed by atoms with Crippen LogP contribution in [0, 0.1) is 0 Å². The Labute approximate surface area is 183 Å². The molecular weight excluding hydrogens is 402 g/mol. The van der Waals surface area contributed by atoms with E-state index in [2.05, 4.69) is 6.92 Å². The molecule has 0 aliphatic heterocycles. The van der Waals surface area contributed by atoms with Crippen LogP contribution in [-0.2, 0) is 4.74 Å². The summed E-state index contributed by atoms with van der Waals surface area (Å²) in [6.45, 7) is 7.84. The molecule has 0 aliphatic rings. The van der Waals surface area contributed by atoms with Gasteiger partial charge in [0.15, 0.2) is 5.78 Å². The lowest BCUT2D eigenvalue weighted by molar-refractivity contribution is 0.0495. The zero-order chi connectivity index (χ0) is 22.1. The predicted molar refractivity (Wildman–Crippen MR) is 121 cm³/mol. The van der Waals surface area contributed by atoms with E-state index in [4.69, 9.17) is 16.3 Å². The van der Waals surface area contributed by atoms with Gasteiger partial charge in [-0.2, -0.15) is 0 Å². The van der Waals surface area contributed by atoms with Gasteiger partial charge in [-0.05, 0) is 38.5 Å². The normalized spacial score (nSPS) is 10.7. The number of esters is 1. The largest absolute Gasteiger partial charge is 0.506 e. The number of rotatable bonds is 11. The lowest BCUT2D eigenvalue weighted by atomic mass is 9.97. The lowest BCUT2D eigenvalue weighted by Crippen LogP contribution is -2.22. The monoisotopic (exact) mass is 431 g/mol. The smallest absolute Gasteiger partial charge is 0.338 e. The topological polar surface area (TPSA) is 66.8 Å². The van der Waals surface area contributed by atoms with Crippen LogP contribution >= 0.6 is 11.6 Å². The van der Waals surface area contributed by atoms with E-state index in [1.807, 2.05) is 18.7 Å². The number of unbranched alkanes of at least 4 members (excludes halogenated alkanes) is 3. The van der Waals surface area contributed by atoms with Crippen molar-refractivity contribution in [2.45, 2.75) is 46.5 Å². The molecule has 2 aromatic rings. The zero-order valence-electron chi connectivity index (χ0n) is 17.9. The van der Waals surface area contributed by atoms with Gasteiger partial charge in [-0.1, -0.05) is 56.0 Å². The third kappa shape index (κ3) is 5.54. The second-order valence-corrected chi connectivity index (χ2v) is 7.42. The van der Waals surface area contributed by atoms with E-state index in [9.17, 15) is 14.7 Å². The number of halogens is 1. The number of hydrogen-bond donors (Lipinski definition) is 1. The van der Waals surface area contributed by atoms with Gasteiger partial charge in [-0.3, -0.25) is 4.79 Å². The van der Waals surface area contributed by atoms with Crippen LogP contribution in [0.2, 0.25) is 5.02 Å². The highest BCUT2D eigenvalue weighted by molar-refractivity contribution is 6.35. The predicted octanol–water partition coefficient (Wildman–Crippen LogP) is 5.86. The molecule has 0 radical (unpaired) electrons. The summed E-state index contributed by atoms with van der Waals surface area (Å²) >= 11 is 6.36. The molecule has 0 aliphatic carbocycles. The van der Waals surface area contributed by atoms with Crippen molar-refractivity contribution in [3.8, 4) is 5.75 Å². The number of carbonyl (C=O) groups excluding carboxylic acids is 2. The lowest BCUT2D eigenvalue weighted by Gasteiger charge is -2.23. The number of carbonyl (C=O) groups is 2. The Bertz CT molecular complexity index is 878. The first-order valence-electron chi connectivity index (χ1n) is 10.5. The Morgan fingerprint density at radius 2 is 1.60 bits per heavy atom. The van der Waals surface area contributed by atoms with Gasteiger partial charge in [0, 0.05) is 18.7 Å². The third-order valence-corrected chi connectivity index (χ3v) is 5.44. The molecule has 5 nitrogen and oxygen atoms in total. The van der Waals surface area contributed by atoms with Gasteiger partial charge >= 0.3 is 5.97 Å². The summed E-state index contributed by atoms with van der Waals surface area (Å²) in [5.41, 5.74) is 1.08. The van der Waals surface area contributed by atoms with Crippen molar-refractivity contribution in [3.63, 3.8) is 0 Å². The number of ether oxygens (including phenoxy) is 1. The van der Waals surface area contributed by atoms with Gasteiger partial charge in [-0.15, -0.1) is 0 Å². The summed E-state index contributed by atoms with van der Waals surface area (Å²) < 4.78 is 5.35. The Morgan fingerprint density at radius 1 is 0.933 bits per heavy atom. The Balaban J connectivity index is 2.28. The highest BCUT2D eigenvalue weighted by Crippen LogP contribution is 2.37. The average molecular weight is 432 g/mol. The molecule has 0 saturated carbocycles. The molecule has 2 rings (SSSR count). The summed E-state index contributed by atoms with van der Waals surface area (Å²) in [6, 6.07) is 9.74. The number of phenolic OH excluding ortho intramolecular Hbond substituents is 1. The summed E-state index contributed by atoms with van der Waals surface area (Å²) in [5, 5.41) is 10.7. The molecule has 1 N–H and O–H groups in total. The van der Waals surface area contributed by atoms with Crippen molar-refractivity contribution in [3.05, 3.63) is 58.1 Å². The number of nitrogens with zero attached hydrogens (tertiary/aromatic N) is 1. The quantitative estimate of drug-likeness (QED) is 0.274. The number of phenols is 1. The first-order chi connectivity index (χ1) is 14.5. The van der Waals surface area contributed by atoms with Crippen LogP contribution in [0.1, 0.15) is 72.7 Å². The minimum absolute atomic E-state index is 0.0547. The molecule has 6 heteroatoms. The van der Waals surface area contributed by atoms with Gasteiger partial charge in [-0.25, -0.2) is 4.79 Å². The maximum Gasteiger partial charge on any atom is 0.338 e. The third-order valence-electron chi connectivity index (χ3n) is 5.07. The van der Waals surface area contributed by atoms with E-state index in [-0.39, 0.29) is 27.5 Å². The van der Waals surface area contributed by atoms with Crippen LogP contribution in [0.25, 0.3) is 0 Å². The average Bonchev–Trinajstić information content (AvgIpc) is 2.76. The number of ketones is 1. The second kappa shape index (κ2) is 11.6. The summed E-state index contributed by atoms with van der Waals surface area (Å²) in [7, 11) is 0. The fourth-order valence-electron chi connectivity index (χ4n) is 3.32. The highest BCUT2D eigenvalue weighted by Gasteiger charge is 2.24. The van der Waals surface area contributed by atoms with Crippen molar-refractivity contribution >= 4 is 29.0 Å². The Hall–Kier alpha value is -2.53. The summed E-state index contributed by atoms with van der Waals surface area (Å²) in [5.74, 6) is -1.30. The van der Waals surface area contributed by atoms with E-state index < -0.39 is 11.8 Å². The molecule has 0 bridgehead atoms. The number of anilines is 1. The van der Waals surface area contributed by atoms with Gasteiger partial charge in [0.2, 0.25) is 0 Å². The van der Waals surface area contributed by atoms with E-state index in [1.165, 1.54) is 0 Å². The SMILES string of the molecule is CCCCCCOC(=O)c1ccccc1C(=O)c1ccc(N(CC)CC)c(Cl)c1O. The summed E-state index contributed by atoms with van der Waals surface area (Å²) in [6.07, 6.45) is 3.98. The fraction of sp³-hybridized carbons (Fsp3) is 0.417. The Kier molecular flexibility index (Phi) is 9.18. The molecule has 30 heavy (non-hydrogen) atoms. The minimum Gasteiger partial charge on any atom is -0.506 e. The molecule has 162 valence electrons. The molecule has 0 unspecified atom stereocenters. The van der Waals surface area contributed by atoms with Crippen LogP contribution in [-0.4, -0.2) is 36.6 Å². The number of hydrogen-bond acceptors (Lipinski definition) is 5. The van der Waals surface area contributed by atoms with Crippen molar-refractivity contribution in [1.82, 2.24) is 0 Å². The van der Waals surface area contributed by atoms with Crippen LogP contribution in [0.3, 0.4) is 0 Å². The van der Waals surface area contributed by atoms with Crippen molar-refractivity contribution in [1.29, 1.82) is 0 Å². The fourth-order valence-corrected chi connectivity index (χ4v) is 3.61. The van der Waals surface area contributed by atoms with Gasteiger partial charge in [0.05, 0.1) is 23.4 Å². The Morgan fingerprint density at radius 3 is 2.23 bits per heavy atom. The molecule has 0 amide bonds.